The first-order chi connectivity index (χ1) is 12.5. The molecule has 2 N–H and O–H groups in total. The summed E-state index contributed by atoms with van der Waals surface area (Å²) in [5.74, 6) is -0.701. The molecule has 0 aliphatic heterocycles. The summed E-state index contributed by atoms with van der Waals surface area (Å²) in [5.41, 5.74) is 3.50. The molecule has 2 rings (SSSR count). The topological polar surface area (TPSA) is 79.8 Å². The van der Waals surface area contributed by atoms with Gasteiger partial charge >= 0.3 is 5.97 Å². The summed E-state index contributed by atoms with van der Waals surface area (Å²) in [6, 6.07) is 7.68. The summed E-state index contributed by atoms with van der Waals surface area (Å²) in [4.78, 5) is 28.0. The van der Waals surface area contributed by atoms with E-state index in [1.165, 1.54) is 7.11 Å². The van der Waals surface area contributed by atoms with Crippen LogP contribution in [0.3, 0.4) is 0 Å². The normalized spacial score (nSPS) is 14.8. The summed E-state index contributed by atoms with van der Waals surface area (Å²) in [6.45, 7) is 6.79. The monoisotopic (exact) mass is 353 g/mol. The first kappa shape index (κ1) is 19.2. The molecular formula is C20H23N3O3. The third kappa shape index (κ3) is 5.17. The number of nitrogens with zero attached hydrogens (tertiary/aromatic N) is 1. The standard InChI is InChI=1S/C20H23N3O3/c1-4-21-15-9-5-6-10-16(15)23-20-14(2)8-7-11-17(20)22-18(24)12-13-19(25)26-3/h5-11,21H,2,4,12-13H2,1,3H3,(H,22,24)/b23-20+. The molecule has 0 heterocycles. The van der Waals surface area contributed by atoms with Crippen molar-refractivity contribution in [2.24, 2.45) is 4.99 Å². The van der Waals surface area contributed by atoms with E-state index in [4.69, 9.17) is 4.99 Å². The van der Waals surface area contributed by atoms with Crippen molar-refractivity contribution in [3.05, 3.63) is 60.3 Å². The minimum Gasteiger partial charge on any atom is -0.469 e. The van der Waals surface area contributed by atoms with Crippen LogP contribution in [0.25, 0.3) is 0 Å². The third-order valence-corrected chi connectivity index (χ3v) is 3.68. The lowest BCUT2D eigenvalue weighted by Gasteiger charge is -2.17. The molecule has 0 spiro atoms. The second-order valence-corrected chi connectivity index (χ2v) is 5.60. The van der Waals surface area contributed by atoms with Crippen molar-refractivity contribution in [3.8, 4) is 0 Å². The zero-order valence-corrected chi connectivity index (χ0v) is 15.0. The van der Waals surface area contributed by atoms with Crippen molar-refractivity contribution in [2.75, 3.05) is 19.0 Å². The van der Waals surface area contributed by atoms with Crippen LogP contribution in [0, 0.1) is 0 Å². The summed E-state index contributed by atoms with van der Waals surface area (Å²) < 4.78 is 4.55. The number of carbonyl (C=O) groups excluding carboxylic acids is 2. The van der Waals surface area contributed by atoms with Crippen LogP contribution in [0.2, 0.25) is 0 Å². The molecule has 136 valence electrons. The minimum atomic E-state index is -0.421. The predicted molar refractivity (Wildman–Crippen MR) is 103 cm³/mol. The average Bonchev–Trinajstić information content (AvgIpc) is 2.64. The van der Waals surface area contributed by atoms with Gasteiger partial charge in [0, 0.05) is 13.0 Å². The number of esters is 1. The Morgan fingerprint density at radius 3 is 2.73 bits per heavy atom. The van der Waals surface area contributed by atoms with Crippen molar-refractivity contribution >= 4 is 29.0 Å². The van der Waals surface area contributed by atoms with E-state index >= 15 is 0 Å². The Labute approximate surface area is 153 Å². The zero-order valence-electron chi connectivity index (χ0n) is 15.0. The summed E-state index contributed by atoms with van der Waals surface area (Å²) in [6.07, 6.45) is 5.47. The number of allylic oxidation sites excluding steroid dienone is 4. The van der Waals surface area contributed by atoms with Crippen LogP contribution in [0.15, 0.2) is 65.3 Å². The fourth-order valence-corrected chi connectivity index (χ4v) is 2.39. The van der Waals surface area contributed by atoms with Gasteiger partial charge in [-0.3, -0.25) is 9.59 Å². The number of benzene rings is 1. The summed E-state index contributed by atoms with van der Waals surface area (Å²) in [5, 5.41) is 6.06. The van der Waals surface area contributed by atoms with Crippen LogP contribution in [0.4, 0.5) is 11.4 Å². The molecule has 0 fully saturated rings. The molecule has 1 aliphatic carbocycles. The van der Waals surface area contributed by atoms with Gasteiger partial charge in [0.1, 0.15) is 0 Å². The van der Waals surface area contributed by atoms with Crippen LogP contribution in [-0.2, 0) is 14.3 Å². The molecule has 0 bridgehead atoms. The van der Waals surface area contributed by atoms with Gasteiger partial charge in [-0.1, -0.05) is 30.9 Å². The highest BCUT2D eigenvalue weighted by molar-refractivity contribution is 6.17. The van der Waals surface area contributed by atoms with Gasteiger partial charge in [-0.25, -0.2) is 4.99 Å². The molecule has 1 aliphatic rings. The van der Waals surface area contributed by atoms with Crippen LogP contribution >= 0.6 is 0 Å². The second kappa shape index (κ2) is 9.36. The molecule has 0 atom stereocenters. The number of para-hydroxylation sites is 2. The van der Waals surface area contributed by atoms with E-state index in [-0.39, 0.29) is 18.7 Å². The van der Waals surface area contributed by atoms with Gasteiger partial charge in [0.05, 0.1) is 36.3 Å². The molecule has 1 amide bonds. The van der Waals surface area contributed by atoms with Crippen molar-refractivity contribution in [3.63, 3.8) is 0 Å². The number of ether oxygens (including phenoxy) is 1. The second-order valence-electron chi connectivity index (χ2n) is 5.60. The number of amides is 1. The number of carbonyl (C=O) groups is 2. The number of anilines is 1. The lowest BCUT2D eigenvalue weighted by Crippen LogP contribution is -2.29. The molecule has 1 aromatic rings. The molecular weight excluding hydrogens is 330 g/mol. The van der Waals surface area contributed by atoms with Gasteiger partial charge < -0.3 is 15.4 Å². The third-order valence-electron chi connectivity index (χ3n) is 3.68. The van der Waals surface area contributed by atoms with Gasteiger partial charge in [0.15, 0.2) is 0 Å². The summed E-state index contributed by atoms with van der Waals surface area (Å²) in [7, 11) is 1.30. The van der Waals surface area contributed by atoms with Gasteiger partial charge in [-0.15, -0.1) is 0 Å². The molecule has 0 aromatic heterocycles. The SMILES string of the molecule is C=C1C=CC=C(NC(=O)CCC(=O)OC)/C1=N/c1ccccc1NCC. The van der Waals surface area contributed by atoms with Crippen LogP contribution < -0.4 is 10.6 Å². The molecule has 0 saturated heterocycles. The van der Waals surface area contributed by atoms with E-state index in [1.54, 1.807) is 12.2 Å². The van der Waals surface area contributed by atoms with Crippen molar-refractivity contribution in [2.45, 2.75) is 19.8 Å². The highest BCUT2D eigenvalue weighted by atomic mass is 16.5. The first-order valence-electron chi connectivity index (χ1n) is 8.41. The number of rotatable bonds is 7. The highest BCUT2D eigenvalue weighted by Crippen LogP contribution is 2.27. The van der Waals surface area contributed by atoms with E-state index in [0.29, 0.717) is 17.0 Å². The lowest BCUT2D eigenvalue weighted by atomic mass is 10.0. The lowest BCUT2D eigenvalue weighted by molar-refractivity contribution is -0.142. The highest BCUT2D eigenvalue weighted by Gasteiger charge is 2.16. The molecule has 0 radical (unpaired) electrons. The molecule has 6 heteroatoms. The van der Waals surface area contributed by atoms with Gasteiger partial charge in [-0.05, 0) is 30.7 Å². The van der Waals surface area contributed by atoms with Crippen molar-refractivity contribution in [1.29, 1.82) is 0 Å². The Bertz CT molecular complexity index is 791. The molecule has 6 nitrogen and oxygen atoms in total. The number of methoxy groups -OCH3 is 1. The van der Waals surface area contributed by atoms with Gasteiger partial charge in [0.25, 0.3) is 0 Å². The van der Waals surface area contributed by atoms with E-state index in [9.17, 15) is 9.59 Å². The quantitative estimate of drug-likeness (QED) is 0.737. The van der Waals surface area contributed by atoms with Gasteiger partial charge in [0.2, 0.25) is 5.91 Å². The molecule has 1 aromatic carbocycles. The fourth-order valence-electron chi connectivity index (χ4n) is 2.39. The predicted octanol–water partition coefficient (Wildman–Crippen LogP) is 3.27. The Kier molecular flexibility index (Phi) is 6.91. The Hall–Kier alpha value is -3.15. The van der Waals surface area contributed by atoms with Gasteiger partial charge in [-0.2, -0.15) is 0 Å². The Morgan fingerprint density at radius 2 is 2.00 bits per heavy atom. The number of aliphatic imine (C=N–C) groups is 1. The Balaban J connectivity index is 2.21. The minimum absolute atomic E-state index is 0.0299. The maximum atomic E-state index is 12.1. The Morgan fingerprint density at radius 1 is 1.23 bits per heavy atom. The number of nitrogens with one attached hydrogen (secondary N) is 2. The zero-order chi connectivity index (χ0) is 18.9. The molecule has 0 unspecified atom stereocenters. The van der Waals surface area contributed by atoms with Crippen LogP contribution in [-0.4, -0.2) is 31.2 Å². The first-order valence-corrected chi connectivity index (χ1v) is 8.41. The smallest absolute Gasteiger partial charge is 0.306 e. The van der Waals surface area contributed by atoms with E-state index < -0.39 is 5.97 Å². The average molecular weight is 353 g/mol. The van der Waals surface area contributed by atoms with Crippen molar-refractivity contribution < 1.29 is 14.3 Å². The van der Waals surface area contributed by atoms with Crippen molar-refractivity contribution in [1.82, 2.24) is 5.32 Å². The maximum Gasteiger partial charge on any atom is 0.306 e. The number of hydrogen-bond donors (Lipinski definition) is 2. The largest absolute Gasteiger partial charge is 0.469 e. The summed E-state index contributed by atoms with van der Waals surface area (Å²) >= 11 is 0. The molecule has 0 saturated carbocycles. The van der Waals surface area contributed by atoms with Crippen LogP contribution in [0.1, 0.15) is 19.8 Å². The van der Waals surface area contributed by atoms with E-state index in [1.807, 2.05) is 37.3 Å². The maximum absolute atomic E-state index is 12.1. The molecule has 26 heavy (non-hydrogen) atoms. The van der Waals surface area contributed by atoms with E-state index in [2.05, 4.69) is 21.9 Å². The number of hydrogen-bond acceptors (Lipinski definition) is 5. The fraction of sp³-hybridized carbons (Fsp3) is 0.250. The van der Waals surface area contributed by atoms with Crippen LogP contribution in [0.5, 0.6) is 0 Å². The van der Waals surface area contributed by atoms with E-state index in [0.717, 1.165) is 17.9 Å².